The summed E-state index contributed by atoms with van der Waals surface area (Å²) in [5, 5.41) is 13.2. The van der Waals surface area contributed by atoms with E-state index >= 15 is 0 Å². The Labute approximate surface area is 150 Å². The first-order valence-electron chi connectivity index (χ1n) is 8.64. The smallest absolute Gasteiger partial charge is 0.289 e. The molecule has 26 heavy (non-hydrogen) atoms. The molecule has 1 aromatic carbocycles. The largest absolute Gasteiger partial charge is 0.438 e. The molecule has 2 N–H and O–H groups in total. The minimum absolute atomic E-state index is 0.154. The van der Waals surface area contributed by atoms with Crippen LogP contribution in [-0.2, 0) is 6.54 Å². The van der Waals surface area contributed by atoms with E-state index in [0.29, 0.717) is 12.8 Å². The van der Waals surface area contributed by atoms with E-state index in [1.807, 2.05) is 36.5 Å². The summed E-state index contributed by atoms with van der Waals surface area (Å²) in [7, 11) is 0. The van der Waals surface area contributed by atoms with E-state index in [-0.39, 0.29) is 23.6 Å². The molecule has 3 atom stereocenters. The van der Waals surface area contributed by atoms with Crippen molar-refractivity contribution in [2.24, 2.45) is 5.92 Å². The maximum atomic E-state index is 12.1. The average molecular weight is 352 g/mol. The molecule has 7 heteroatoms. The van der Waals surface area contributed by atoms with E-state index in [9.17, 15) is 9.90 Å². The minimum Gasteiger partial charge on any atom is -0.438 e. The van der Waals surface area contributed by atoms with Crippen LogP contribution < -0.4 is 5.32 Å². The Morgan fingerprint density at radius 3 is 2.92 bits per heavy atom. The van der Waals surface area contributed by atoms with Gasteiger partial charge in [0.15, 0.2) is 6.39 Å². The lowest BCUT2D eigenvalue weighted by Gasteiger charge is -2.15. The van der Waals surface area contributed by atoms with E-state index in [0.717, 1.165) is 17.9 Å². The molecular formula is C19H20N4O3. The lowest BCUT2D eigenvalue weighted by molar-refractivity contribution is 0.0846. The van der Waals surface area contributed by atoms with Gasteiger partial charge in [-0.3, -0.25) is 4.79 Å². The van der Waals surface area contributed by atoms with Crippen molar-refractivity contribution in [2.75, 3.05) is 0 Å². The van der Waals surface area contributed by atoms with E-state index < -0.39 is 6.10 Å². The summed E-state index contributed by atoms with van der Waals surface area (Å²) >= 11 is 0. The fraction of sp³-hybridized carbons (Fsp3) is 0.316. The topological polar surface area (TPSA) is 93.2 Å². The normalized spacial score (nSPS) is 22.4. The molecule has 1 unspecified atom stereocenters. The van der Waals surface area contributed by atoms with Gasteiger partial charge >= 0.3 is 0 Å². The first-order chi connectivity index (χ1) is 12.7. The molecule has 2 heterocycles. The second-order valence-electron chi connectivity index (χ2n) is 6.62. The standard InChI is InChI=1S/C19H20N4O3/c24-16-9-13(8-15(16)22-19(25)17-10-20-12-26-17)11-23-7-6-21-18(23)14-4-2-1-3-5-14/h1-7,10,12-13,15-16,24H,8-9,11H2,(H,22,25)/t13?,15-,16-/m1/s1. The molecule has 0 spiro atoms. The zero-order valence-electron chi connectivity index (χ0n) is 14.2. The molecule has 0 saturated heterocycles. The van der Waals surface area contributed by atoms with Crippen LogP contribution in [0.5, 0.6) is 0 Å². The summed E-state index contributed by atoms with van der Waals surface area (Å²) < 4.78 is 7.10. The number of aliphatic hydroxyl groups excluding tert-OH is 1. The lowest BCUT2D eigenvalue weighted by Crippen LogP contribution is -2.39. The van der Waals surface area contributed by atoms with Crippen molar-refractivity contribution in [1.29, 1.82) is 0 Å². The number of carbonyl (C=O) groups is 1. The van der Waals surface area contributed by atoms with Gasteiger partial charge in [0.2, 0.25) is 5.76 Å². The molecular weight excluding hydrogens is 332 g/mol. The van der Waals surface area contributed by atoms with Gasteiger partial charge in [0, 0.05) is 24.5 Å². The maximum absolute atomic E-state index is 12.1. The van der Waals surface area contributed by atoms with Gasteiger partial charge in [0.05, 0.1) is 18.3 Å². The third-order valence-electron chi connectivity index (χ3n) is 4.80. The molecule has 3 aromatic rings. The minimum atomic E-state index is -0.574. The Kier molecular flexibility index (Phi) is 4.53. The average Bonchev–Trinajstić information content (AvgIpc) is 3.38. The number of nitrogens with zero attached hydrogens (tertiary/aromatic N) is 3. The Morgan fingerprint density at radius 1 is 1.31 bits per heavy atom. The maximum Gasteiger partial charge on any atom is 0.289 e. The molecule has 7 nitrogen and oxygen atoms in total. The zero-order chi connectivity index (χ0) is 17.9. The number of amides is 1. The molecule has 1 saturated carbocycles. The highest BCUT2D eigenvalue weighted by Crippen LogP contribution is 2.29. The zero-order valence-corrected chi connectivity index (χ0v) is 14.2. The summed E-state index contributed by atoms with van der Waals surface area (Å²) in [5.74, 6) is 0.970. The quantitative estimate of drug-likeness (QED) is 0.733. The van der Waals surface area contributed by atoms with E-state index in [1.54, 1.807) is 6.20 Å². The fourth-order valence-electron chi connectivity index (χ4n) is 3.57. The van der Waals surface area contributed by atoms with Gasteiger partial charge in [-0.1, -0.05) is 30.3 Å². The van der Waals surface area contributed by atoms with Gasteiger partial charge in [-0.15, -0.1) is 0 Å². The van der Waals surface area contributed by atoms with Gasteiger partial charge < -0.3 is 19.4 Å². The summed E-state index contributed by atoms with van der Waals surface area (Å²) in [5.41, 5.74) is 1.06. The van der Waals surface area contributed by atoms with Gasteiger partial charge in [0.1, 0.15) is 5.82 Å². The second kappa shape index (κ2) is 7.13. The van der Waals surface area contributed by atoms with Crippen molar-refractivity contribution in [3.8, 4) is 11.4 Å². The molecule has 1 amide bonds. The van der Waals surface area contributed by atoms with Crippen LogP contribution >= 0.6 is 0 Å². The van der Waals surface area contributed by atoms with Crippen LogP contribution in [0.25, 0.3) is 11.4 Å². The van der Waals surface area contributed by atoms with Crippen LogP contribution in [0.1, 0.15) is 23.4 Å². The number of aromatic nitrogens is 3. The molecule has 1 fully saturated rings. The second-order valence-corrected chi connectivity index (χ2v) is 6.62. The number of hydrogen-bond acceptors (Lipinski definition) is 5. The van der Waals surface area contributed by atoms with Crippen LogP contribution in [0, 0.1) is 5.92 Å². The van der Waals surface area contributed by atoms with Crippen LogP contribution in [0.2, 0.25) is 0 Å². The number of imidazole rings is 1. The van der Waals surface area contributed by atoms with E-state index in [2.05, 4.69) is 19.9 Å². The van der Waals surface area contributed by atoms with Crippen molar-refractivity contribution in [1.82, 2.24) is 19.9 Å². The van der Waals surface area contributed by atoms with Crippen molar-refractivity contribution in [3.63, 3.8) is 0 Å². The van der Waals surface area contributed by atoms with Crippen LogP contribution in [0.3, 0.4) is 0 Å². The Hall–Kier alpha value is -2.93. The highest BCUT2D eigenvalue weighted by molar-refractivity contribution is 5.91. The monoisotopic (exact) mass is 352 g/mol. The summed E-state index contributed by atoms with van der Waals surface area (Å²) in [6, 6.07) is 9.73. The van der Waals surface area contributed by atoms with Crippen molar-refractivity contribution in [2.45, 2.75) is 31.5 Å². The SMILES string of the molecule is O=C(N[C@@H]1CC(Cn2ccnc2-c2ccccc2)C[C@H]1O)c1cnco1. The number of benzene rings is 1. The van der Waals surface area contributed by atoms with Crippen LogP contribution in [0.15, 0.2) is 59.7 Å². The highest BCUT2D eigenvalue weighted by atomic mass is 16.3. The summed E-state index contributed by atoms with van der Waals surface area (Å²) in [4.78, 5) is 20.3. The first kappa shape index (κ1) is 16.5. The Balaban J connectivity index is 1.41. The molecule has 1 aliphatic carbocycles. The third kappa shape index (κ3) is 3.39. The van der Waals surface area contributed by atoms with Gasteiger partial charge in [-0.2, -0.15) is 0 Å². The Bertz CT molecular complexity index is 860. The first-order valence-corrected chi connectivity index (χ1v) is 8.64. The number of nitrogens with one attached hydrogen (secondary N) is 1. The highest BCUT2D eigenvalue weighted by Gasteiger charge is 2.34. The molecule has 0 bridgehead atoms. The molecule has 0 radical (unpaired) electrons. The lowest BCUT2D eigenvalue weighted by atomic mass is 10.1. The third-order valence-corrected chi connectivity index (χ3v) is 4.80. The van der Waals surface area contributed by atoms with Crippen molar-refractivity contribution in [3.05, 3.63) is 61.1 Å². The van der Waals surface area contributed by atoms with E-state index in [4.69, 9.17) is 4.42 Å². The molecule has 0 aliphatic heterocycles. The predicted molar refractivity (Wildman–Crippen MR) is 94.2 cm³/mol. The summed E-state index contributed by atoms with van der Waals surface area (Å²) in [6.07, 6.45) is 7.09. The van der Waals surface area contributed by atoms with Crippen molar-refractivity contribution < 1.29 is 14.3 Å². The molecule has 1 aliphatic rings. The fourth-order valence-corrected chi connectivity index (χ4v) is 3.57. The van der Waals surface area contributed by atoms with E-state index in [1.165, 1.54) is 12.6 Å². The van der Waals surface area contributed by atoms with Crippen LogP contribution in [0.4, 0.5) is 0 Å². The predicted octanol–water partition coefficient (Wildman–Crippen LogP) is 2.11. The molecule has 134 valence electrons. The Morgan fingerprint density at radius 2 is 2.15 bits per heavy atom. The van der Waals surface area contributed by atoms with Crippen molar-refractivity contribution >= 4 is 5.91 Å². The molecule has 4 rings (SSSR count). The number of aliphatic hydroxyl groups is 1. The number of carbonyl (C=O) groups excluding carboxylic acids is 1. The number of rotatable bonds is 5. The van der Waals surface area contributed by atoms with Gasteiger partial charge in [0.25, 0.3) is 5.91 Å². The number of hydrogen-bond donors (Lipinski definition) is 2. The van der Waals surface area contributed by atoms with Gasteiger partial charge in [-0.25, -0.2) is 9.97 Å². The summed E-state index contributed by atoms with van der Waals surface area (Å²) in [6.45, 7) is 0.746. The van der Waals surface area contributed by atoms with Crippen LogP contribution in [-0.4, -0.2) is 37.7 Å². The van der Waals surface area contributed by atoms with Gasteiger partial charge in [-0.05, 0) is 18.8 Å². The molecule has 2 aromatic heterocycles. The number of oxazole rings is 1.